The van der Waals surface area contributed by atoms with Gasteiger partial charge < -0.3 is 27.3 Å². The van der Waals surface area contributed by atoms with Gasteiger partial charge in [-0.3, -0.25) is 12.6 Å². The van der Waals surface area contributed by atoms with Gasteiger partial charge in [-0.05, 0) is 0 Å². The molecule has 78 valence electrons. The zero-order valence-corrected chi connectivity index (χ0v) is 14.2. The van der Waals surface area contributed by atoms with Gasteiger partial charge >= 0.3 is 65.4 Å². The normalized spacial score (nSPS) is 7.50. The van der Waals surface area contributed by atoms with Crippen LogP contribution in [0.3, 0.4) is 0 Å². The van der Waals surface area contributed by atoms with Crippen molar-refractivity contribution < 1.29 is 105 Å². The summed E-state index contributed by atoms with van der Waals surface area (Å²) in [5.74, 6) is 0. The zero-order chi connectivity index (χ0) is 10.7. The maximum atomic E-state index is 8.44. The van der Waals surface area contributed by atoms with E-state index in [2.05, 4.69) is 0 Å². The summed E-state index contributed by atoms with van der Waals surface area (Å²) in [7, 11) is 0. The smallest absolute Gasteiger partial charge is 0.784 e. The molecule has 0 atom stereocenters. The molecule has 0 amide bonds. The van der Waals surface area contributed by atoms with Gasteiger partial charge in [0.1, 0.15) is 0 Å². The SMILES string of the molecule is O=S([O-])[O-].O=S([O-])[O-].O=S([O-])[O-].[Y+3].[Y+3]. The summed E-state index contributed by atoms with van der Waals surface area (Å²) in [4.78, 5) is 0. The van der Waals surface area contributed by atoms with Crippen LogP contribution < -0.4 is 0 Å². The molecule has 0 spiro atoms. The van der Waals surface area contributed by atoms with Gasteiger partial charge in [0.05, 0.1) is 0 Å². The van der Waals surface area contributed by atoms with Crippen LogP contribution in [0.1, 0.15) is 0 Å². The third-order valence-electron chi connectivity index (χ3n) is 0. The molecule has 9 nitrogen and oxygen atoms in total. The Balaban J connectivity index is -0.0000000270. The minimum absolute atomic E-state index is 0. The summed E-state index contributed by atoms with van der Waals surface area (Å²) >= 11 is -9.33. The van der Waals surface area contributed by atoms with E-state index in [1.54, 1.807) is 0 Å². The van der Waals surface area contributed by atoms with Crippen LogP contribution >= 0.6 is 0 Å². The standard InChI is InChI=1S/3H2O3S.2Y/c3*1-4(2)3;;/h3*(H2,1,2,3);;/q;;;2*+3/p-6. The maximum Gasteiger partial charge on any atom is 3.00 e. The molecular formula is O9S3Y2. The van der Waals surface area contributed by atoms with Gasteiger partial charge in [0.25, 0.3) is 0 Å². The average Bonchev–Trinajstić information content (AvgIpc) is 1.54. The molecule has 0 aliphatic carbocycles. The topological polar surface area (TPSA) is 190 Å². The van der Waals surface area contributed by atoms with Crippen molar-refractivity contribution in [1.29, 1.82) is 0 Å². The Morgan fingerprint density at radius 3 is 0.500 bits per heavy atom. The van der Waals surface area contributed by atoms with Crippen molar-refractivity contribution in [3.8, 4) is 0 Å². The number of hydrogen-bond acceptors (Lipinski definition) is 9. The van der Waals surface area contributed by atoms with Crippen LogP contribution in [-0.2, 0) is 99.5 Å². The molecule has 0 aliphatic rings. The molecule has 14 heavy (non-hydrogen) atoms. The summed E-state index contributed by atoms with van der Waals surface area (Å²) < 4.78 is 76.0. The van der Waals surface area contributed by atoms with Gasteiger partial charge in [-0.1, -0.05) is 0 Å². The van der Waals surface area contributed by atoms with Crippen molar-refractivity contribution in [1.82, 2.24) is 0 Å². The van der Waals surface area contributed by atoms with Crippen molar-refractivity contribution in [3.05, 3.63) is 0 Å². The number of hydrogen-bond donors (Lipinski definition) is 0. The summed E-state index contributed by atoms with van der Waals surface area (Å²) in [6, 6.07) is 0. The predicted molar refractivity (Wildman–Crippen MR) is 29.1 cm³/mol. The van der Waals surface area contributed by atoms with E-state index in [-0.39, 0.29) is 65.4 Å². The molecule has 0 saturated heterocycles. The molecule has 0 saturated carbocycles. The first kappa shape index (κ1) is 29.9. The van der Waals surface area contributed by atoms with E-state index in [9.17, 15) is 0 Å². The van der Waals surface area contributed by atoms with Gasteiger partial charge in [0, 0.05) is 0 Å². The molecule has 0 aromatic heterocycles. The van der Waals surface area contributed by atoms with E-state index in [1.807, 2.05) is 0 Å². The second-order valence-electron chi connectivity index (χ2n) is 0.612. The van der Waals surface area contributed by atoms with Gasteiger partial charge in [-0.15, -0.1) is 34.1 Å². The van der Waals surface area contributed by atoms with Crippen molar-refractivity contribution in [2.75, 3.05) is 0 Å². The Morgan fingerprint density at radius 1 is 0.500 bits per heavy atom. The van der Waals surface area contributed by atoms with Crippen molar-refractivity contribution in [2.24, 2.45) is 0 Å². The third-order valence-corrected chi connectivity index (χ3v) is 0. The molecule has 0 rings (SSSR count). The van der Waals surface area contributed by atoms with Crippen LogP contribution in [0.4, 0.5) is 0 Å². The summed E-state index contributed by atoms with van der Waals surface area (Å²) in [6.45, 7) is 0. The first-order valence-corrected chi connectivity index (χ1v) is 4.50. The fourth-order valence-electron chi connectivity index (χ4n) is 0. The fourth-order valence-corrected chi connectivity index (χ4v) is 0. The van der Waals surface area contributed by atoms with Crippen LogP contribution in [-0.4, -0.2) is 39.9 Å². The van der Waals surface area contributed by atoms with Crippen LogP contribution in [0.2, 0.25) is 0 Å². The Hall–Kier alpha value is 2.42. The van der Waals surface area contributed by atoms with Gasteiger partial charge in [-0.2, -0.15) is 0 Å². The minimum Gasteiger partial charge on any atom is -0.784 e. The van der Waals surface area contributed by atoms with E-state index in [0.717, 1.165) is 0 Å². The second-order valence-corrected chi connectivity index (χ2v) is 1.84. The van der Waals surface area contributed by atoms with Gasteiger partial charge in [0.15, 0.2) is 0 Å². The molecule has 0 heterocycles. The van der Waals surface area contributed by atoms with Crippen LogP contribution in [0.25, 0.3) is 0 Å². The van der Waals surface area contributed by atoms with Crippen molar-refractivity contribution in [3.63, 3.8) is 0 Å². The first-order valence-electron chi connectivity index (χ1n) is 1.50. The van der Waals surface area contributed by atoms with Crippen molar-refractivity contribution >= 4 is 34.1 Å². The Labute approximate surface area is 137 Å². The summed E-state index contributed by atoms with van der Waals surface area (Å²) in [5.41, 5.74) is 0. The van der Waals surface area contributed by atoms with Crippen molar-refractivity contribution in [2.45, 2.75) is 0 Å². The summed E-state index contributed by atoms with van der Waals surface area (Å²) in [6.07, 6.45) is 0. The Kier molecular flexibility index (Phi) is 52.6. The fraction of sp³-hybridized carbons (Fsp3) is 0. The molecule has 0 unspecified atom stereocenters. The first-order chi connectivity index (χ1) is 5.20. The van der Waals surface area contributed by atoms with E-state index in [4.69, 9.17) is 39.9 Å². The molecule has 0 fully saturated rings. The molecule has 14 heteroatoms. The Bertz CT molecular complexity index is 116. The van der Waals surface area contributed by atoms with E-state index in [1.165, 1.54) is 0 Å². The largest absolute Gasteiger partial charge is 3.00 e. The number of rotatable bonds is 0. The molecule has 0 aromatic carbocycles. The van der Waals surface area contributed by atoms with E-state index >= 15 is 0 Å². The van der Waals surface area contributed by atoms with Crippen LogP contribution in [0.5, 0.6) is 0 Å². The van der Waals surface area contributed by atoms with Gasteiger partial charge in [-0.25, -0.2) is 0 Å². The molecule has 0 N–H and O–H groups in total. The molecule has 0 bridgehead atoms. The minimum atomic E-state index is -3.11. The maximum absolute atomic E-state index is 8.44. The average molecular weight is 418 g/mol. The van der Waals surface area contributed by atoms with Gasteiger partial charge in [0.2, 0.25) is 0 Å². The van der Waals surface area contributed by atoms with Crippen LogP contribution in [0.15, 0.2) is 0 Å². The zero-order valence-electron chi connectivity index (χ0n) is 6.05. The molecular weight excluding hydrogens is 418 g/mol. The predicted octanol–water partition coefficient (Wildman–Crippen LogP) is -3.02. The summed E-state index contributed by atoms with van der Waals surface area (Å²) in [5, 5.41) is 0. The second kappa shape index (κ2) is 24.6. The third kappa shape index (κ3) is 444. The quantitative estimate of drug-likeness (QED) is 0.369. The van der Waals surface area contributed by atoms with Crippen LogP contribution in [0, 0.1) is 0 Å². The molecule has 0 radical (unpaired) electrons. The molecule has 0 aromatic rings. The van der Waals surface area contributed by atoms with E-state index in [0.29, 0.717) is 0 Å². The monoisotopic (exact) mass is 418 g/mol. The Morgan fingerprint density at radius 2 is 0.500 bits per heavy atom. The van der Waals surface area contributed by atoms with E-state index < -0.39 is 34.1 Å². The molecule has 0 aliphatic heterocycles.